The van der Waals surface area contributed by atoms with Crippen molar-refractivity contribution < 1.29 is 9.90 Å². The molecule has 4 heteroatoms. The molecule has 1 aliphatic heterocycles. The first-order valence-electron chi connectivity index (χ1n) is 5.84. The van der Waals surface area contributed by atoms with E-state index in [1.54, 1.807) is 4.90 Å². The number of rotatable bonds is 2. The Morgan fingerprint density at radius 2 is 2.12 bits per heavy atom. The number of aliphatic hydroxyl groups is 1. The Labute approximate surface area is 101 Å². The number of hydrogen-bond acceptors (Lipinski definition) is 3. The largest absolute Gasteiger partial charge is 0.392 e. The summed E-state index contributed by atoms with van der Waals surface area (Å²) in [6.45, 7) is 6.27. The minimum absolute atomic E-state index is 0.0298. The lowest BCUT2D eigenvalue weighted by Gasteiger charge is -2.40. The Bertz CT molecular complexity index is 455. The molecule has 0 bridgehead atoms. The highest BCUT2D eigenvalue weighted by Crippen LogP contribution is 2.37. The minimum atomic E-state index is -0.631. The fourth-order valence-corrected chi connectivity index (χ4v) is 2.21. The van der Waals surface area contributed by atoms with Crippen molar-refractivity contribution in [2.24, 2.45) is 0 Å². The molecule has 92 valence electrons. The number of carbonyl (C=O) groups is 1. The van der Waals surface area contributed by atoms with Crippen LogP contribution >= 0.6 is 0 Å². The van der Waals surface area contributed by atoms with Crippen LogP contribution in [0.3, 0.4) is 0 Å². The van der Waals surface area contributed by atoms with E-state index in [2.05, 4.69) is 5.32 Å². The number of hydrogen-bond donors (Lipinski definition) is 2. The molecule has 0 unspecified atom stereocenters. The average Bonchev–Trinajstić information content (AvgIpc) is 2.30. The lowest BCUT2D eigenvalue weighted by atomic mass is 9.96. The van der Waals surface area contributed by atoms with Gasteiger partial charge in [-0.15, -0.1) is 0 Å². The van der Waals surface area contributed by atoms with Crippen molar-refractivity contribution in [2.75, 3.05) is 16.8 Å². The molecule has 1 aromatic carbocycles. The van der Waals surface area contributed by atoms with Gasteiger partial charge in [0.25, 0.3) is 5.91 Å². The number of aliphatic hydroxyl groups excluding tert-OH is 1. The highest BCUT2D eigenvalue weighted by Gasteiger charge is 2.38. The van der Waals surface area contributed by atoms with Gasteiger partial charge in [0.2, 0.25) is 0 Å². The van der Waals surface area contributed by atoms with Crippen LogP contribution in [0.25, 0.3) is 0 Å². The summed E-state index contributed by atoms with van der Waals surface area (Å²) in [5, 5.41) is 12.6. The topological polar surface area (TPSA) is 52.6 Å². The van der Waals surface area contributed by atoms with Gasteiger partial charge in [-0.25, -0.2) is 0 Å². The van der Waals surface area contributed by atoms with Crippen LogP contribution in [0.4, 0.5) is 11.4 Å². The molecule has 0 radical (unpaired) electrons. The van der Waals surface area contributed by atoms with Gasteiger partial charge in [0.05, 0.1) is 18.0 Å². The van der Waals surface area contributed by atoms with E-state index in [-0.39, 0.29) is 12.5 Å². The maximum absolute atomic E-state index is 12.2. The smallest absolute Gasteiger partial charge is 0.252 e. The van der Waals surface area contributed by atoms with Crippen molar-refractivity contribution in [3.05, 3.63) is 23.8 Å². The molecular formula is C13H18N2O2. The van der Waals surface area contributed by atoms with E-state index in [1.807, 2.05) is 39.0 Å². The van der Waals surface area contributed by atoms with Crippen LogP contribution in [0.15, 0.2) is 18.2 Å². The van der Waals surface area contributed by atoms with Crippen LogP contribution in [0.2, 0.25) is 0 Å². The summed E-state index contributed by atoms with van der Waals surface area (Å²) in [6.07, 6.45) is 0. The maximum atomic E-state index is 12.2. The van der Waals surface area contributed by atoms with Crippen LogP contribution in [-0.2, 0) is 11.4 Å². The number of likely N-dealkylation sites (N-methyl/N-ethyl adjacent to an activating group) is 1. The van der Waals surface area contributed by atoms with Gasteiger partial charge in [0, 0.05) is 12.1 Å². The Balaban J connectivity index is 2.59. The van der Waals surface area contributed by atoms with Crippen LogP contribution in [0.5, 0.6) is 0 Å². The van der Waals surface area contributed by atoms with Crippen molar-refractivity contribution in [2.45, 2.75) is 32.9 Å². The number of carbonyl (C=O) groups excluding carboxylic acids is 1. The van der Waals surface area contributed by atoms with Crippen LogP contribution in [0.1, 0.15) is 26.3 Å². The first-order chi connectivity index (χ1) is 8.01. The summed E-state index contributed by atoms with van der Waals surface area (Å²) in [7, 11) is 0. The van der Waals surface area contributed by atoms with E-state index in [0.29, 0.717) is 6.54 Å². The second-order valence-corrected chi connectivity index (χ2v) is 4.77. The summed E-state index contributed by atoms with van der Waals surface area (Å²) < 4.78 is 0. The van der Waals surface area contributed by atoms with Gasteiger partial charge >= 0.3 is 0 Å². The number of amides is 1. The van der Waals surface area contributed by atoms with Gasteiger partial charge in [-0.2, -0.15) is 0 Å². The van der Waals surface area contributed by atoms with E-state index >= 15 is 0 Å². The number of benzene rings is 1. The average molecular weight is 234 g/mol. The predicted molar refractivity (Wildman–Crippen MR) is 68.1 cm³/mol. The molecule has 1 amide bonds. The number of nitrogens with zero attached hydrogens (tertiary/aromatic N) is 1. The fourth-order valence-electron chi connectivity index (χ4n) is 2.21. The minimum Gasteiger partial charge on any atom is -0.392 e. The van der Waals surface area contributed by atoms with E-state index in [4.69, 9.17) is 0 Å². The molecule has 1 aromatic rings. The van der Waals surface area contributed by atoms with Crippen molar-refractivity contribution in [1.82, 2.24) is 0 Å². The van der Waals surface area contributed by atoms with Gasteiger partial charge < -0.3 is 15.3 Å². The number of para-hydroxylation sites is 1. The third kappa shape index (κ3) is 1.78. The number of fused-ring (bicyclic) bond motifs is 1. The van der Waals surface area contributed by atoms with Crippen LogP contribution in [-0.4, -0.2) is 23.1 Å². The molecule has 4 nitrogen and oxygen atoms in total. The summed E-state index contributed by atoms with van der Waals surface area (Å²) in [5.41, 5.74) is 1.90. The molecule has 0 saturated heterocycles. The van der Waals surface area contributed by atoms with Crippen molar-refractivity contribution in [1.29, 1.82) is 0 Å². The normalized spacial score (nSPS) is 17.6. The summed E-state index contributed by atoms with van der Waals surface area (Å²) in [5.74, 6) is 0.0580. The summed E-state index contributed by atoms with van der Waals surface area (Å²) >= 11 is 0. The quantitative estimate of drug-likeness (QED) is 0.819. The monoisotopic (exact) mass is 234 g/mol. The van der Waals surface area contributed by atoms with Gasteiger partial charge in [0.1, 0.15) is 5.54 Å². The Kier molecular flexibility index (Phi) is 2.83. The second-order valence-electron chi connectivity index (χ2n) is 4.77. The highest BCUT2D eigenvalue weighted by atomic mass is 16.3. The van der Waals surface area contributed by atoms with E-state index in [9.17, 15) is 9.90 Å². The molecule has 0 fully saturated rings. The third-order valence-corrected chi connectivity index (χ3v) is 3.12. The number of nitrogens with one attached hydrogen (secondary N) is 1. The van der Waals surface area contributed by atoms with Crippen molar-refractivity contribution in [3.63, 3.8) is 0 Å². The van der Waals surface area contributed by atoms with E-state index in [0.717, 1.165) is 16.9 Å². The SMILES string of the molecule is CCN1C(=O)C(C)(C)Nc2c(CO)cccc21. The van der Waals surface area contributed by atoms with Crippen LogP contribution < -0.4 is 10.2 Å². The molecule has 2 N–H and O–H groups in total. The highest BCUT2D eigenvalue weighted by molar-refractivity contribution is 6.07. The predicted octanol–water partition coefficient (Wildman–Crippen LogP) is 1.74. The van der Waals surface area contributed by atoms with Crippen LogP contribution in [0, 0.1) is 0 Å². The molecular weight excluding hydrogens is 216 g/mol. The first kappa shape index (κ1) is 11.9. The summed E-state index contributed by atoms with van der Waals surface area (Å²) in [4.78, 5) is 14.0. The zero-order valence-corrected chi connectivity index (χ0v) is 10.4. The molecule has 1 heterocycles. The zero-order valence-electron chi connectivity index (χ0n) is 10.4. The summed E-state index contributed by atoms with van der Waals surface area (Å²) in [6, 6.07) is 5.63. The molecule has 1 aliphatic rings. The zero-order chi connectivity index (χ0) is 12.6. The molecule has 17 heavy (non-hydrogen) atoms. The first-order valence-corrected chi connectivity index (χ1v) is 5.84. The van der Waals surface area contributed by atoms with E-state index < -0.39 is 5.54 Å². The number of anilines is 2. The maximum Gasteiger partial charge on any atom is 0.252 e. The van der Waals surface area contributed by atoms with Gasteiger partial charge in [-0.3, -0.25) is 4.79 Å². The Morgan fingerprint density at radius 1 is 1.41 bits per heavy atom. The van der Waals surface area contributed by atoms with Gasteiger partial charge in [-0.05, 0) is 26.8 Å². The van der Waals surface area contributed by atoms with E-state index in [1.165, 1.54) is 0 Å². The van der Waals surface area contributed by atoms with Gasteiger partial charge in [-0.1, -0.05) is 12.1 Å². The molecule has 0 saturated carbocycles. The molecule has 0 atom stereocenters. The van der Waals surface area contributed by atoms with Crippen molar-refractivity contribution >= 4 is 17.3 Å². The Hall–Kier alpha value is -1.55. The molecule has 0 spiro atoms. The Morgan fingerprint density at radius 3 is 2.71 bits per heavy atom. The lowest BCUT2D eigenvalue weighted by Crippen LogP contribution is -2.54. The molecule has 2 rings (SSSR count). The third-order valence-electron chi connectivity index (χ3n) is 3.12. The standard InChI is InChI=1S/C13H18N2O2/c1-4-15-10-7-5-6-9(8-16)11(10)14-13(2,3)12(15)17/h5-7,14,16H,4,8H2,1-3H3. The van der Waals surface area contributed by atoms with Crippen molar-refractivity contribution in [3.8, 4) is 0 Å². The fraction of sp³-hybridized carbons (Fsp3) is 0.462. The molecule has 0 aliphatic carbocycles. The molecule has 0 aromatic heterocycles. The second kappa shape index (κ2) is 4.04. The van der Waals surface area contributed by atoms with Gasteiger partial charge in [0.15, 0.2) is 0 Å². The lowest BCUT2D eigenvalue weighted by molar-refractivity contribution is -0.122.